The fourth-order valence-corrected chi connectivity index (χ4v) is 3.42. The predicted molar refractivity (Wildman–Crippen MR) is 97.7 cm³/mol. The first-order valence-corrected chi connectivity index (χ1v) is 9.20. The third kappa shape index (κ3) is 4.09. The van der Waals surface area contributed by atoms with Crippen LogP contribution in [0.4, 0.5) is 13.2 Å². The zero-order valence-electron chi connectivity index (χ0n) is 15.6. The Labute approximate surface area is 164 Å². The quantitative estimate of drug-likeness (QED) is 0.693. The number of aryl methyl sites for hydroxylation is 1. The van der Waals surface area contributed by atoms with E-state index in [1.54, 1.807) is 11.0 Å². The van der Waals surface area contributed by atoms with Gasteiger partial charge in [-0.1, -0.05) is 6.92 Å². The second-order valence-electron chi connectivity index (χ2n) is 6.73. The van der Waals surface area contributed by atoms with Gasteiger partial charge >= 0.3 is 6.36 Å². The van der Waals surface area contributed by atoms with Crippen molar-refractivity contribution in [2.45, 2.75) is 25.7 Å². The van der Waals surface area contributed by atoms with Crippen molar-refractivity contribution in [2.75, 3.05) is 19.8 Å². The summed E-state index contributed by atoms with van der Waals surface area (Å²) < 4.78 is 52.6. The number of hydrogen-bond donors (Lipinski definition) is 1. The number of rotatable bonds is 4. The standard InChI is InChI=1S/C20H19F3N2O4/c1-2-13-5-6-18(28-13)17-11-27-8-7-25(17)19(26)16-9-12-3-4-14(10-15(12)24-16)29-20(21,22)23/h3-6,9-10,17,24H,2,7-8,11H2,1H3/t17-/m1/s1. The van der Waals surface area contributed by atoms with Crippen LogP contribution in [0.15, 0.2) is 40.8 Å². The summed E-state index contributed by atoms with van der Waals surface area (Å²) in [7, 11) is 0. The summed E-state index contributed by atoms with van der Waals surface area (Å²) in [4.78, 5) is 17.7. The number of halogens is 3. The average Bonchev–Trinajstić information content (AvgIpc) is 3.32. The highest BCUT2D eigenvalue weighted by Gasteiger charge is 2.33. The molecule has 1 aliphatic heterocycles. The number of aromatic amines is 1. The van der Waals surface area contributed by atoms with E-state index in [0.717, 1.165) is 12.2 Å². The van der Waals surface area contributed by atoms with E-state index in [0.29, 0.717) is 36.4 Å². The number of carbonyl (C=O) groups excluding carboxylic acids is 1. The van der Waals surface area contributed by atoms with Crippen LogP contribution in [-0.2, 0) is 11.2 Å². The number of nitrogens with zero attached hydrogens (tertiary/aromatic N) is 1. The lowest BCUT2D eigenvalue weighted by Crippen LogP contribution is -2.43. The van der Waals surface area contributed by atoms with Gasteiger partial charge in [0.15, 0.2) is 0 Å². The van der Waals surface area contributed by atoms with Gasteiger partial charge in [0.1, 0.15) is 29.0 Å². The van der Waals surface area contributed by atoms with Gasteiger partial charge in [-0.05, 0) is 30.3 Å². The molecule has 154 valence electrons. The monoisotopic (exact) mass is 408 g/mol. The number of nitrogens with one attached hydrogen (secondary N) is 1. The normalized spacial score (nSPS) is 17.7. The summed E-state index contributed by atoms with van der Waals surface area (Å²) >= 11 is 0. The Bertz CT molecular complexity index is 1020. The van der Waals surface area contributed by atoms with Gasteiger partial charge in [0.25, 0.3) is 5.91 Å². The van der Waals surface area contributed by atoms with Crippen molar-refractivity contribution in [3.8, 4) is 5.75 Å². The molecule has 0 aliphatic carbocycles. The highest BCUT2D eigenvalue weighted by atomic mass is 19.4. The molecule has 9 heteroatoms. The molecule has 1 N–H and O–H groups in total. The Balaban J connectivity index is 1.60. The van der Waals surface area contributed by atoms with Crippen molar-refractivity contribution in [1.29, 1.82) is 0 Å². The molecular weight excluding hydrogens is 389 g/mol. The lowest BCUT2D eigenvalue weighted by molar-refractivity contribution is -0.274. The minimum Gasteiger partial charge on any atom is -0.464 e. The summed E-state index contributed by atoms with van der Waals surface area (Å²) in [5.41, 5.74) is 0.657. The molecular formula is C20H19F3N2O4. The fraction of sp³-hybridized carbons (Fsp3) is 0.350. The van der Waals surface area contributed by atoms with Crippen molar-refractivity contribution in [3.63, 3.8) is 0 Å². The molecule has 1 saturated heterocycles. The molecule has 0 saturated carbocycles. The molecule has 0 spiro atoms. The van der Waals surface area contributed by atoms with Crippen LogP contribution >= 0.6 is 0 Å². The number of furan rings is 1. The van der Waals surface area contributed by atoms with Crippen LogP contribution < -0.4 is 4.74 Å². The maximum absolute atomic E-state index is 13.1. The SMILES string of the molecule is CCc1ccc([C@H]2COCCN2C(=O)c2cc3ccc(OC(F)(F)F)cc3[nH]2)o1. The Morgan fingerprint density at radius 3 is 2.83 bits per heavy atom. The molecule has 1 aliphatic rings. The number of carbonyl (C=O) groups is 1. The van der Waals surface area contributed by atoms with E-state index < -0.39 is 6.36 Å². The number of H-pyrrole nitrogens is 1. The summed E-state index contributed by atoms with van der Waals surface area (Å²) in [5.74, 6) is 0.840. The number of benzene rings is 1. The molecule has 1 atom stereocenters. The van der Waals surface area contributed by atoms with Crippen molar-refractivity contribution in [2.24, 2.45) is 0 Å². The lowest BCUT2D eigenvalue weighted by Gasteiger charge is -2.34. The molecule has 0 bridgehead atoms. The van der Waals surface area contributed by atoms with Crippen molar-refractivity contribution in [3.05, 3.63) is 53.6 Å². The highest BCUT2D eigenvalue weighted by Crippen LogP contribution is 2.30. The van der Waals surface area contributed by atoms with Crippen LogP contribution in [-0.4, -0.2) is 41.9 Å². The van der Waals surface area contributed by atoms with Gasteiger partial charge in [0.05, 0.1) is 13.2 Å². The number of hydrogen-bond acceptors (Lipinski definition) is 4. The molecule has 2 aromatic heterocycles. The average molecular weight is 408 g/mol. The zero-order chi connectivity index (χ0) is 20.6. The van der Waals surface area contributed by atoms with E-state index in [1.165, 1.54) is 18.2 Å². The second kappa shape index (κ2) is 7.47. The summed E-state index contributed by atoms with van der Waals surface area (Å²) in [6, 6.07) is 8.86. The molecule has 1 aromatic carbocycles. The Morgan fingerprint density at radius 2 is 2.10 bits per heavy atom. The minimum absolute atomic E-state index is 0.276. The highest BCUT2D eigenvalue weighted by molar-refractivity contribution is 5.98. The molecule has 3 aromatic rings. The van der Waals surface area contributed by atoms with Gasteiger partial charge in [-0.15, -0.1) is 13.2 Å². The van der Waals surface area contributed by atoms with Gasteiger partial charge in [0.2, 0.25) is 0 Å². The second-order valence-corrected chi connectivity index (χ2v) is 6.73. The molecule has 1 amide bonds. The Morgan fingerprint density at radius 1 is 1.28 bits per heavy atom. The van der Waals surface area contributed by atoms with Crippen LogP contribution in [0.3, 0.4) is 0 Å². The first kappa shape index (κ1) is 19.4. The van der Waals surface area contributed by atoms with Gasteiger partial charge in [-0.3, -0.25) is 4.79 Å². The molecule has 6 nitrogen and oxygen atoms in total. The number of amides is 1. The molecule has 1 fully saturated rings. The van der Waals surface area contributed by atoms with E-state index in [4.69, 9.17) is 9.15 Å². The number of ether oxygens (including phenoxy) is 2. The molecule has 0 radical (unpaired) electrons. The summed E-state index contributed by atoms with van der Waals surface area (Å²) in [6.07, 6.45) is -4.04. The predicted octanol–water partition coefficient (Wildman–Crippen LogP) is 4.44. The van der Waals surface area contributed by atoms with Gasteiger partial charge in [-0.25, -0.2) is 0 Å². The van der Waals surface area contributed by atoms with E-state index in [2.05, 4.69) is 9.72 Å². The van der Waals surface area contributed by atoms with Crippen molar-refractivity contribution in [1.82, 2.24) is 9.88 Å². The van der Waals surface area contributed by atoms with Gasteiger partial charge in [-0.2, -0.15) is 0 Å². The Hall–Kier alpha value is -2.94. The van der Waals surface area contributed by atoms with Crippen molar-refractivity contribution < 1.29 is 31.9 Å². The third-order valence-corrected chi connectivity index (χ3v) is 4.81. The third-order valence-electron chi connectivity index (χ3n) is 4.81. The first-order valence-electron chi connectivity index (χ1n) is 9.20. The minimum atomic E-state index is -4.78. The van der Waals surface area contributed by atoms with Gasteiger partial charge < -0.3 is 23.8 Å². The fourth-order valence-electron chi connectivity index (χ4n) is 3.42. The largest absolute Gasteiger partial charge is 0.573 e. The molecule has 29 heavy (non-hydrogen) atoms. The smallest absolute Gasteiger partial charge is 0.464 e. The van der Waals surface area contributed by atoms with Crippen LogP contribution in [0.2, 0.25) is 0 Å². The van der Waals surface area contributed by atoms with Crippen molar-refractivity contribution >= 4 is 16.8 Å². The molecule has 3 heterocycles. The summed E-state index contributed by atoms with van der Waals surface area (Å²) in [5, 5.41) is 0.610. The number of aromatic nitrogens is 1. The van der Waals surface area contributed by atoms with Gasteiger partial charge in [0, 0.05) is 29.9 Å². The maximum Gasteiger partial charge on any atom is 0.573 e. The topological polar surface area (TPSA) is 67.7 Å². The van der Waals surface area contributed by atoms with Crippen LogP contribution in [0, 0.1) is 0 Å². The zero-order valence-corrected chi connectivity index (χ0v) is 15.6. The van der Waals surface area contributed by atoms with E-state index in [-0.39, 0.29) is 23.4 Å². The van der Waals surface area contributed by atoms with Crippen LogP contribution in [0.1, 0.15) is 35.0 Å². The number of fused-ring (bicyclic) bond motifs is 1. The Kier molecular flexibility index (Phi) is 4.99. The number of alkyl halides is 3. The number of morpholine rings is 1. The van der Waals surface area contributed by atoms with Crippen LogP contribution in [0.25, 0.3) is 10.9 Å². The summed E-state index contributed by atoms with van der Waals surface area (Å²) in [6.45, 7) is 3.06. The van der Waals surface area contributed by atoms with E-state index in [9.17, 15) is 18.0 Å². The lowest BCUT2D eigenvalue weighted by atomic mass is 10.1. The van der Waals surface area contributed by atoms with Crippen LogP contribution in [0.5, 0.6) is 5.75 Å². The first-order chi connectivity index (χ1) is 13.8. The maximum atomic E-state index is 13.1. The molecule has 0 unspecified atom stereocenters. The van der Waals surface area contributed by atoms with E-state index >= 15 is 0 Å². The molecule has 4 rings (SSSR count). The van der Waals surface area contributed by atoms with E-state index in [1.807, 2.05) is 19.1 Å².